The number of ether oxygens (including phenoxy) is 1. The van der Waals surface area contributed by atoms with Gasteiger partial charge in [0.15, 0.2) is 0 Å². The number of benzene rings is 1. The van der Waals surface area contributed by atoms with Gasteiger partial charge in [0.05, 0.1) is 11.6 Å². The van der Waals surface area contributed by atoms with Crippen LogP contribution in [0.4, 0.5) is 4.39 Å². The van der Waals surface area contributed by atoms with E-state index in [0.717, 1.165) is 24.5 Å². The maximum absolute atomic E-state index is 12.7. The Hall–Kier alpha value is -1.46. The van der Waals surface area contributed by atoms with Crippen LogP contribution in [0.25, 0.3) is 0 Å². The topological polar surface area (TPSA) is 34.2 Å². The molecule has 1 heterocycles. The summed E-state index contributed by atoms with van der Waals surface area (Å²) in [5.74, 6) is 0.436. The third kappa shape index (κ3) is 4.61. The smallest absolute Gasteiger partial charge is 0.123 e. The predicted molar refractivity (Wildman–Crippen MR) is 75.1 cm³/mol. The van der Waals surface area contributed by atoms with Crippen LogP contribution in [0.5, 0.6) is 5.75 Å². The van der Waals surface area contributed by atoms with E-state index in [9.17, 15) is 4.39 Å². The molecule has 0 aliphatic heterocycles. The molecule has 0 saturated heterocycles. The summed E-state index contributed by atoms with van der Waals surface area (Å²) in [6, 6.07) is 6.06. The van der Waals surface area contributed by atoms with Gasteiger partial charge >= 0.3 is 0 Å². The van der Waals surface area contributed by atoms with E-state index < -0.39 is 0 Å². The van der Waals surface area contributed by atoms with Gasteiger partial charge in [-0.3, -0.25) is 0 Å². The van der Waals surface area contributed by atoms with Gasteiger partial charge in [-0.05, 0) is 30.8 Å². The molecule has 2 rings (SSSR count). The second-order valence-corrected chi connectivity index (χ2v) is 5.25. The number of aromatic nitrogens is 1. The van der Waals surface area contributed by atoms with Crippen molar-refractivity contribution in [2.45, 2.75) is 19.9 Å². The second kappa shape index (κ2) is 7.21. The number of nitrogens with one attached hydrogen (secondary N) is 1. The molecule has 0 bridgehead atoms. The Morgan fingerprint density at radius 3 is 2.84 bits per heavy atom. The quantitative estimate of drug-likeness (QED) is 0.846. The first-order valence-corrected chi connectivity index (χ1v) is 7.12. The van der Waals surface area contributed by atoms with Gasteiger partial charge in [0.2, 0.25) is 0 Å². The number of rotatable bonds is 7. The Bertz CT molecular complexity index is 498. The van der Waals surface area contributed by atoms with Gasteiger partial charge < -0.3 is 10.1 Å². The molecule has 0 saturated carbocycles. The average Bonchev–Trinajstić information content (AvgIpc) is 2.87. The molecule has 3 nitrogen and oxygen atoms in total. The third-order valence-corrected chi connectivity index (χ3v) is 3.61. The zero-order valence-corrected chi connectivity index (χ0v) is 11.7. The number of nitrogens with zero attached hydrogens (tertiary/aromatic N) is 1. The van der Waals surface area contributed by atoms with Gasteiger partial charge in [0, 0.05) is 24.0 Å². The summed E-state index contributed by atoms with van der Waals surface area (Å²) >= 11 is 1.70. The van der Waals surface area contributed by atoms with Crippen LogP contribution in [0.1, 0.15) is 16.8 Å². The summed E-state index contributed by atoms with van der Waals surface area (Å²) in [5.41, 5.74) is 0. The number of hydrogen-bond donors (Lipinski definition) is 1. The summed E-state index contributed by atoms with van der Waals surface area (Å²) < 4.78 is 18.2. The van der Waals surface area contributed by atoms with E-state index in [1.807, 2.05) is 6.20 Å². The molecule has 2 aromatic rings. The maximum atomic E-state index is 12.7. The Kier molecular flexibility index (Phi) is 5.30. The van der Waals surface area contributed by atoms with Crippen LogP contribution in [0, 0.1) is 5.82 Å². The Morgan fingerprint density at radius 1 is 1.32 bits per heavy atom. The molecule has 1 N–H and O–H groups in total. The first-order chi connectivity index (χ1) is 9.28. The normalized spacial score (nSPS) is 10.6. The van der Waals surface area contributed by atoms with E-state index in [0.29, 0.717) is 12.4 Å². The van der Waals surface area contributed by atoms with E-state index in [2.05, 4.69) is 17.2 Å². The largest absolute Gasteiger partial charge is 0.493 e. The van der Waals surface area contributed by atoms with Crippen molar-refractivity contribution < 1.29 is 9.13 Å². The van der Waals surface area contributed by atoms with Crippen molar-refractivity contribution in [3.63, 3.8) is 0 Å². The SMILES string of the molecule is CCNCc1cnc(CCOc2ccc(F)cc2)s1. The lowest BCUT2D eigenvalue weighted by Crippen LogP contribution is -2.10. The molecule has 0 aliphatic rings. The lowest BCUT2D eigenvalue weighted by molar-refractivity contribution is 0.321. The minimum atomic E-state index is -0.250. The van der Waals surface area contributed by atoms with Crippen LogP contribution in [0.3, 0.4) is 0 Å². The van der Waals surface area contributed by atoms with Crippen molar-refractivity contribution in [2.75, 3.05) is 13.2 Å². The van der Waals surface area contributed by atoms with Gasteiger partial charge in [0.25, 0.3) is 0 Å². The van der Waals surface area contributed by atoms with Gasteiger partial charge in [-0.15, -0.1) is 11.3 Å². The van der Waals surface area contributed by atoms with Gasteiger partial charge in [-0.1, -0.05) is 6.92 Å². The fraction of sp³-hybridized carbons (Fsp3) is 0.357. The van der Waals surface area contributed by atoms with Gasteiger partial charge in [0.1, 0.15) is 11.6 Å². The standard InChI is InChI=1S/C14H17FN2OS/c1-2-16-9-13-10-17-14(19-13)7-8-18-12-5-3-11(15)4-6-12/h3-6,10,16H,2,7-9H2,1H3. The van der Waals surface area contributed by atoms with Crippen molar-refractivity contribution in [3.05, 3.63) is 46.2 Å². The summed E-state index contributed by atoms with van der Waals surface area (Å²) in [4.78, 5) is 5.59. The molecule has 0 aliphatic carbocycles. The lowest BCUT2D eigenvalue weighted by Gasteiger charge is -2.04. The van der Waals surface area contributed by atoms with Crippen LogP contribution in [0.15, 0.2) is 30.5 Å². The van der Waals surface area contributed by atoms with Gasteiger partial charge in [-0.25, -0.2) is 9.37 Å². The minimum Gasteiger partial charge on any atom is -0.493 e. The molecule has 0 radical (unpaired) electrons. The fourth-order valence-corrected chi connectivity index (χ4v) is 2.45. The zero-order chi connectivity index (χ0) is 13.5. The summed E-state index contributed by atoms with van der Waals surface area (Å²) in [5, 5.41) is 4.33. The van der Waals surface area contributed by atoms with E-state index in [1.54, 1.807) is 23.5 Å². The molecule has 0 unspecified atom stereocenters. The summed E-state index contributed by atoms with van der Waals surface area (Å²) in [6.45, 7) is 4.46. The van der Waals surface area contributed by atoms with E-state index in [-0.39, 0.29) is 5.82 Å². The molecule has 0 atom stereocenters. The second-order valence-electron chi connectivity index (χ2n) is 4.05. The third-order valence-electron chi connectivity index (χ3n) is 2.55. The molecule has 1 aromatic heterocycles. The Labute approximate surface area is 116 Å². The molecular weight excluding hydrogens is 263 g/mol. The highest BCUT2D eigenvalue weighted by molar-refractivity contribution is 7.11. The molecule has 0 amide bonds. The van der Waals surface area contributed by atoms with E-state index >= 15 is 0 Å². The van der Waals surface area contributed by atoms with Crippen molar-refractivity contribution >= 4 is 11.3 Å². The van der Waals surface area contributed by atoms with Crippen molar-refractivity contribution in [3.8, 4) is 5.75 Å². The predicted octanol–water partition coefficient (Wildman–Crippen LogP) is 3.01. The van der Waals surface area contributed by atoms with Crippen LogP contribution in [-0.2, 0) is 13.0 Å². The first-order valence-electron chi connectivity index (χ1n) is 6.30. The molecule has 0 spiro atoms. The van der Waals surface area contributed by atoms with Crippen LogP contribution in [0.2, 0.25) is 0 Å². The van der Waals surface area contributed by atoms with Crippen LogP contribution < -0.4 is 10.1 Å². The molecule has 0 fully saturated rings. The highest BCUT2D eigenvalue weighted by atomic mass is 32.1. The van der Waals surface area contributed by atoms with Crippen molar-refractivity contribution in [1.82, 2.24) is 10.3 Å². The number of hydrogen-bond acceptors (Lipinski definition) is 4. The first kappa shape index (κ1) is 14.0. The molecule has 19 heavy (non-hydrogen) atoms. The fourth-order valence-electron chi connectivity index (χ4n) is 1.58. The van der Waals surface area contributed by atoms with Crippen molar-refractivity contribution in [1.29, 1.82) is 0 Å². The highest BCUT2D eigenvalue weighted by Crippen LogP contribution is 2.15. The van der Waals surface area contributed by atoms with Crippen molar-refractivity contribution in [2.24, 2.45) is 0 Å². The van der Waals surface area contributed by atoms with E-state index in [4.69, 9.17) is 4.74 Å². The maximum Gasteiger partial charge on any atom is 0.123 e. The van der Waals surface area contributed by atoms with Crippen LogP contribution in [-0.4, -0.2) is 18.1 Å². The zero-order valence-electron chi connectivity index (χ0n) is 10.9. The molecule has 1 aromatic carbocycles. The molecule has 102 valence electrons. The summed E-state index contributed by atoms with van der Waals surface area (Å²) in [6.07, 6.45) is 2.68. The highest BCUT2D eigenvalue weighted by Gasteiger charge is 2.02. The van der Waals surface area contributed by atoms with Gasteiger partial charge in [-0.2, -0.15) is 0 Å². The Balaban J connectivity index is 1.76. The molecular formula is C14H17FN2OS. The average molecular weight is 280 g/mol. The van der Waals surface area contributed by atoms with E-state index in [1.165, 1.54) is 17.0 Å². The lowest BCUT2D eigenvalue weighted by atomic mass is 10.3. The Morgan fingerprint density at radius 2 is 2.11 bits per heavy atom. The monoisotopic (exact) mass is 280 g/mol. The number of halogens is 1. The minimum absolute atomic E-state index is 0.250. The van der Waals surface area contributed by atoms with Crippen LogP contribution >= 0.6 is 11.3 Å². The molecule has 5 heteroatoms. The summed E-state index contributed by atoms with van der Waals surface area (Å²) in [7, 11) is 0. The number of thiazole rings is 1.